The molecule has 0 saturated carbocycles. The van der Waals surface area contributed by atoms with E-state index in [1.165, 1.54) is 48.4 Å². The van der Waals surface area contributed by atoms with Crippen molar-refractivity contribution in [1.29, 1.82) is 0 Å². The van der Waals surface area contributed by atoms with E-state index in [1.54, 1.807) is 6.92 Å². The quantitative estimate of drug-likeness (QED) is 0.381. The summed E-state index contributed by atoms with van der Waals surface area (Å²) in [6, 6.07) is 17.1. The van der Waals surface area contributed by atoms with Crippen LogP contribution in [0.4, 0.5) is 10.1 Å². The maximum atomic E-state index is 13.8. The topological polar surface area (TPSA) is 96.0 Å². The van der Waals surface area contributed by atoms with Gasteiger partial charge in [0.1, 0.15) is 24.2 Å². The van der Waals surface area contributed by atoms with Crippen LogP contribution in [0.25, 0.3) is 0 Å². The van der Waals surface area contributed by atoms with Crippen LogP contribution in [0.2, 0.25) is 0 Å². The van der Waals surface area contributed by atoms with Crippen LogP contribution < -0.4 is 14.4 Å². The van der Waals surface area contributed by atoms with Gasteiger partial charge in [0, 0.05) is 12.6 Å². The Balaban J connectivity index is 2.02. The first kappa shape index (κ1) is 29.6. The molecule has 1 atom stereocenters. The molecule has 208 valence electrons. The number of hydrogen-bond donors (Lipinski definition) is 1. The molecule has 0 fully saturated rings. The van der Waals surface area contributed by atoms with Crippen molar-refractivity contribution in [2.75, 3.05) is 18.0 Å². The number of ether oxygens (including phenoxy) is 1. The summed E-state index contributed by atoms with van der Waals surface area (Å²) in [7, 11) is -2.79. The fourth-order valence-corrected chi connectivity index (χ4v) is 5.30. The van der Waals surface area contributed by atoms with Gasteiger partial charge in [-0.15, -0.1) is 0 Å². The molecule has 0 aromatic heterocycles. The Morgan fingerprint density at radius 2 is 1.51 bits per heavy atom. The number of aryl methyl sites for hydroxylation is 1. The lowest BCUT2D eigenvalue weighted by molar-refractivity contribution is -0.139. The Kier molecular flexibility index (Phi) is 9.69. The number of nitrogens with one attached hydrogen (secondary N) is 1. The van der Waals surface area contributed by atoms with Crippen LogP contribution in [0.1, 0.15) is 31.9 Å². The van der Waals surface area contributed by atoms with Crippen LogP contribution in [-0.2, 0) is 26.2 Å². The minimum Gasteiger partial charge on any atom is -0.497 e. The molecule has 1 N–H and O–H groups in total. The number of halogens is 1. The molecule has 0 aliphatic carbocycles. The molecule has 8 nitrogen and oxygen atoms in total. The van der Waals surface area contributed by atoms with E-state index in [9.17, 15) is 22.4 Å². The van der Waals surface area contributed by atoms with Crippen molar-refractivity contribution in [3.8, 4) is 5.75 Å². The largest absolute Gasteiger partial charge is 0.497 e. The van der Waals surface area contributed by atoms with E-state index in [2.05, 4.69) is 5.32 Å². The maximum absolute atomic E-state index is 13.8. The smallest absolute Gasteiger partial charge is 0.264 e. The molecule has 0 spiro atoms. The van der Waals surface area contributed by atoms with Crippen LogP contribution in [-0.4, -0.2) is 50.9 Å². The highest BCUT2D eigenvalue weighted by Gasteiger charge is 2.32. The molecule has 39 heavy (non-hydrogen) atoms. The highest BCUT2D eigenvalue weighted by atomic mass is 32.2. The van der Waals surface area contributed by atoms with Crippen LogP contribution in [0, 0.1) is 12.7 Å². The summed E-state index contributed by atoms with van der Waals surface area (Å²) < 4.78 is 47.3. The lowest BCUT2D eigenvalue weighted by Crippen LogP contribution is -2.52. The molecule has 0 radical (unpaired) electrons. The molecule has 2 amide bonds. The van der Waals surface area contributed by atoms with Gasteiger partial charge in [-0.2, -0.15) is 0 Å². The molecule has 0 bridgehead atoms. The standard InChI is InChI=1S/C29H34FN3O5S/c1-20(2)31-29(35)22(4)32(18-23-8-6-21(3)7-9-23)28(34)19-33(25-12-10-24(30)11-13-25)39(36,37)27-16-14-26(38-5)15-17-27/h6-17,20,22H,18-19H2,1-5H3,(H,31,35)/t22-/m1/s1. The summed E-state index contributed by atoms with van der Waals surface area (Å²) in [5.74, 6) is -1.04. The van der Waals surface area contributed by atoms with Gasteiger partial charge in [-0.05, 0) is 81.8 Å². The van der Waals surface area contributed by atoms with Crippen molar-refractivity contribution in [3.63, 3.8) is 0 Å². The van der Waals surface area contributed by atoms with Crippen molar-refractivity contribution in [3.05, 3.63) is 89.7 Å². The van der Waals surface area contributed by atoms with Gasteiger partial charge in [0.2, 0.25) is 11.8 Å². The molecule has 3 aromatic rings. The van der Waals surface area contributed by atoms with Crippen LogP contribution in [0.3, 0.4) is 0 Å². The summed E-state index contributed by atoms with van der Waals surface area (Å²) in [5.41, 5.74) is 1.93. The molecule has 0 saturated heterocycles. The van der Waals surface area contributed by atoms with E-state index >= 15 is 0 Å². The third-order valence-corrected chi connectivity index (χ3v) is 7.90. The Bertz CT molecular complexity index is 1380. The summed E-state index contributed by atoms with van der Waals surface area (Å²) in [5, 5.41) is 2.81. The number of rotatable bonds is 11. The SMILES string of the molecule is COc1ccc(S(=O)(=O)N(CC(=O)N(Cc2ccc(C)cc2)[C@H](C)C(=O)NC(C)C)c2ccc(F)cc2)cc1. The minimum atomic E-state index is -4.26. The first-order valence-electron chi connectivity index (χ1n) is 12.5. The highest BCUT2D eigenvalue weighted by molar-refractivity contribution is 7.92. The normalized spacial score (nSPS) is 12.1. The lowest BCUT2D eigenvalue weighted by atomic mass is 10.1. The first-order chi connectivity index (χ1) is 18.4. The number of carbonyl (C=O) groups excluding carboxylic acids is 2. The predicted octanol–water partition coefficient (Wildman–Crippen LogP) is 4.28. The zero-order chi connectivity index (χ0) is 28.7. The number of carbonyl (C=O) groups is 2. The third-order valence-electron chi connectivity index (χ3n) is 6.11. The molecule has 3 aromatic carbocycles. The maximum Gasteiger partial charge on any atom is 0.264 e. The highest BCUT2D eigenvalue weighted by Crippen LogP contribution is 2.26. The number of nitrogens with zero attached hydrogens (tertiary/aromatic N) is 2. The fourth-order valence-electron chi connectivity index (χ4n) is 3.89. The van der Waals surface area contributed by atoms with E-state index < -0.39 is 34.3 Å². The predicted molar refractivity (Wildman–Crippen MR) is 148 cm³/mol. The van der Waals surface area contributed by atoms with Crippen molar-refractivity contribution < 1.29 is 27.1 Å². The second kappa shape index (κ2) is 12.8. The van der Waals surface area contributed by atoms with Gasteiger partial charge >= 0.3 is 0 Å². The van der Waals surface area contributed by atoms with E-state index in [-0.39, 0.29) is 29.1 Å². The Morgan fingerprint density at radius 1 is 0.923 bits per heavy atom. The van der Waals surface area contributed by atoms with Crippen LogP contribution >= 0.6 is 0 Å². The van der Waals surface area contributed by atoms with E-state index in [1.807, 2.05) is 45.0 Å². The number of amides is 2. The first-order valence-corrected chi connectivity index (χ1v) is 13.9. The van der Waals surface area contributed by atoms with Crippen molar-refractivity contribution in [1.82, 2.24) is 10.2 Å². The zero-order valence-corrected chi connectivity index (χ0v) is 23.5. The zero-order valence-electron chi connectivity index (χ0n) is 22.7. The number of hydrogen-bond acceptors (Lipinski definition) is 5. The summed E-state index contributed by atoms with van der Waals surface area (Å²) in [6.07, 6.45) is 0. The van der Waals surface area contributed by atoms with Crippen molar-refractivity contribution in [2.24, 2.45) is 0 Å². The van der Waals surface area contributed by atoms with Crippen molar-refractivity contribution >= 4 is 27.5 Å². The number of benzene rings is 3. The van der Waals surface area contributed by atoms with E-state index in [4.69, 9.17) is 4.74 Å². The summed E-state index contributed by atoms with van der Waals surface area (Å²) in [4.78, 5) is 28.0. The Labute approximate surface area is 229 Å². The molecule has 0 aliphatic rings. The molecular weight excluding hydrogens is 521 g/mol. The summed E-state index contributed by atoms with van der Waals surface area (Å²) >= 11 is 0. The van der Waals surface area contributed by atoms with Gasteiger partial charge in [0.25, 0.3) is 10.0 Å². The Morgan fingerprint density at radius 3 is 2.05 bits per heavy atom. The Hall–Kier alpha value is -3.92. The average Bonchev–Trinajstić information content (AvgIpc) is 2.91. The average molecular weight is 556 g/mol. The second-order valence-corrected chi connectivity index (χ2v) is 11.4. The van der Waals surface area contributed by atoms with Gasteiger partial charge in [-0.3, -0.25) is 13.9 Å². The molecule has 3 rings (SSSR count). The number of sulfonamides is 1. The monoisotopic (exact) mass is 555 g/mol. The molecule has 0 aliphatic heterocycles. The van der Waals surface area contributed by atoms with Crippen LogP contribution in [0.15, 0.2) is 77.7 Å². The van der Waals surface area contributed by atoms with Gasteiger partial charge in [-0.1, -0.05) is 29.8 Å². The lowest BCUT2D eigenvalue weighted by Gasteiger charge is -2.32. The molecular formula is C29H34FN3O5S. The van der Waals surface area contributed by atoms with E-state index in [0.29, 0.717) is 5.75 Å². The van der Waals surface area contributed by atoms with Gasteiger partial charge in [0.15, 0.2) is 0 Å². The minimum absolute atomic E-state index is 0.0730. The number of methoxy groups -OCH3 is 1. The van der Waals surface area contributed by atoms with Gasteiger partial charge < -0.3 is 15.0 Å². The van der Waals surface area contributed by atoms with Gasteiger partial charge in [0.05, 0.1) is 17.7 Å². The van der Waals surface area contributed by atoms with Crippen LogP contribution in [0.5, 0.6) is 5.75 Å². The third kappa shape index (κ3) is 7.57. The second-order valence-electron chi connectivity index (χ2n) is 9.51. The molecule has 0 unspecified atom stereocenters. The molecule has 0 heterocycles. The fraction of sp³-hybridized carbons (Fsp3) is 0.310. The van der Waals surface area contributed by atoms with Gasteiger partial charge in [-0.25, -0.2) is 12.8 Å². The van der Waals surface area contributed by atoms with E-state index in [0.717, 1.165) is 27.6 Å². The summed E-state index contributed by atoms with van der Waals surface area (Å²) in [6.45, 7) is 6.65. The number of anilines is 1. The van der Waals surface area contributed by atoms with Crippen molar-refractivity contribution in [2.45, 2.75) is 51.2 Å². The molecule has 10 heteroatoms.